The van der Waals surface area contributed by atoms with Gasteiger partial charge in [0, 0.05) is 40.9 Å². The Morgan fingerprint density at radius 1 is 1.11 bits per heavy atom. The number of phenolic OH excluding ortho intramolecular Hbond substituents is 2. The molecule has 6 N–H and O–H groups in total. The second-order valence-electron chi connectivity index (χ2n) is 8.94. The number of amides is 2. The highest BCUT2D eigenvalue weighted by molar-refractivity contribution is 14.1. The van der Waals surface area contributed by atoms with Crippen LogP contribution in [-0.2, 0) is 9.59 Å². The lowest BCUT2D eigenvalue weighted by atomic mass is 9.90. The average Bonchev–Trinajstić information content (AvgIpc) is 3.12. The fraction of sp³-hybridized carbons (Fsp3) is 0.385. The van der Waals surface area contributed by atoms with Crippen LogP contribution in [0.3, 0.4) is 0 Å². The number of rotatable bonds is 9. The van der Waals surface area contributed by atoms with Crippen LogP contribution in [0, 0.1) is 9.49 Å². The van der Waals surface area contributed by atoms with E-state index in [0.717, 1.165) is 38.1 Å². The van der Waals surface area contributed by atoms with Crippen molar-refractivity contribution in [1.82, 2.24) is 10.6 Å². The molecular formula is C26H30ClIN4O6. The van der Waals surface area contributed by atoms with Gasteiger partial charge in [-0.25, -0.2) is 0 Å². The molecule has 0 fully saturated rings. The summed E-state index contributed by atoms with van der Waals surface area (Å²) < 4.78 is 0.404. The van der Waals surface area contributed by atoms with E-state index in [1.807, 2.05) is 22.6 Å². The summed E-state index contributed by atoms with van der Waals surface area (Å²) in [5.74, 6) is -3.00. The highest BCUT2D eigenvalue weighted by Crippen LogP contribution is 2.36. The Balaban J connectivity index is 1.72. The monoisotopic (exact) mass is 656 g/mol. The van der Waals surface area contributed by atoms with Crippen LogP contribution in [0.4, 0.5) is 5.69 Å². The lowest BCUT2D eigenvalue weighted by molar-refractivity contribution is -0.143. The van der Waals surface area contributed by atoms with Crippen LogP contribution in [0.1, 0.15) is 61.0 Å². The standard InChI is InChI=1S/C26H30ClIN4O6/c1-2-18(26(37)38)23(19-10-15(27)11-20(28)24(19)35)32-22(34)13-30-25(36)14-8-16(12-17(33)9-14)31-21-6-4-3-5-7-29-21/h8-12,18,23,33,35H,2-7,13H2,1H3,(H,29,31)(H,30,36)(H,32,34)(H,37,38)/t18?,23-/m1/s1. The molecule has 1 aliphatic heterocycles. The van der Waals surface area contributed by atoms with E-state index in [9.17, 15) is 29.7 Å². The van der Waals surface area contributed by atoms with Crippen LogP contribution in [-0.4, -0.2) is 52.0 Å². The minimum absolute atomic E-state index is 0.128. The fourth-order valence-electron chi connectivity index (χ4n) is 4.22. The Morgan fingerprint density at radius 2 is 1.87 bits per heavy atom. The molecule has 0 saturated carbocycles. The Kier molecular flexibility index (Phi) is 10.6. The van der Waals surface area contributed by atoms with Crippen LogP contribution in [0.15, 0.2) is 35.3 Å². The number of phenols is 2. The third-order valence-corrected chi connectivity index (χ3v) is 7.16. The number of anilines is 1. The number of carbonyl (C=O) groups excluding carboxylic acids is 2. The number of hydrogen-bond acceptors (Lipinski definition) is 7. The number of aliphatic imine (C=N–C) groups is 1. The van der Waals surface area contributed by atoms with Crippen molar-refractivity contribution < 1.29 is 29.7 Å². The number of amidine groups is 1. The van der Waals surface area contributed by atoms with Crippen LogP contribution in [0.25, 0.3) is 0 Å². The van der Waals surface area contributed by atoms with E-state index in [1.165, 1.54) is 24.3 Å². The lowest BCUT2D eigenvalue weighted by Gasteiger charge is -2.26. The van der Waals surface area contributed by atoms with Crippen molar-refractivity contribution in [3.8, 4) is 11.5 Å². The van der Waals surface area contributed by atoms with Gasteiger partial charge in [0.1, 0.15) is 17.3 Å². The first-order valence-corrected chi connectivity index (χ1v) is 13.7. The van der Waals surface area contributed by atoms with Gasteiger partial charge in [0.2, 0.25) is 5.91 Å². The summed E-state index contributed by atoms with van der Waals surface area (Å²) in [6, 6.07) is 6.14. The molecule has 38 heavy (non-hydrogen) atoms. The zero-order valence-corrected chi connectivity index (χ0v) is 23.7. The SMILES string of the molecule is CCC(C(=O)O)[C@@H](NC(=O)CNC(=O)c1cc(O)cc(NC2=NCCCCC2)c1)c1cc(Cl)cc(I)c1O. The van der Waals surface area contributed by atoms with E-state index in [0.29, 0.717) is 9.26 Å². The van der Waals surface area contributed by atoms with Gasteiger partial charge in [-0.1, -0.05) is 24.9 Å². The molecule has 0 radical (unpaired) electrons. The average molecular weight is 657 g/mol. The zero-order chi connectivity index (χ0) is 27.8. The van der Waals surface area contributed by atoms with E-state index in [2.05, 4.69) is 20.9 Å². The van der Waals surface area contributed by atoms with Crippen LogP contribution in [0.5, 0.6) is 11.5 Å². The highest BCUT2D eigenvalue weighted by atomic mass is 127. The first-order valence-electron chi connectivity index (χ1n) is 12.2. The van der Waals surface area contributed by atoms with Gasteiger partial charge in [-0.2, -0.15) is 0 Å². The maximum absolute atomic E-state index is 12.8. The quantitative estimate of drug-likeness (QED) is 0.218. The summed E-state index contributed by atoms with van der Waals surface area (Å²) in [6.45, 7) is 1.91. The van der Waals surface area contributed by atoms with Crippen molar-refractivity contribution in [2.75, 3.05) is 18.4 Å². The Morgan fingerprint density at radius 3 is 2.58 bits per heavy atom. The zero-order valence-electron chi connectivity index (χ0n) is 20.8. The molecule has 3 rings (SSSR count). The number of benzene rings is 2. The van der Waals surface area contributed by atoms with Gasteiger partial charge in [-0.05, 0) is 66.1 Å². The van der Waals surface area contributed by atoms with Crippen LogP contribution in [0.2, 0.25) is 5.02 Å². The maximum Gasteiger partial charge on any atom is 0.308 e. The molecule has 12 heteroatoms. The number of carboxylic acids is 1. The number of carbonyl (C=O) groups is 3. The second-order valence-corrected chi connectivity index (χ2v) is 10.5. The molecule has 1 unspecified atom stereocenters. The topological polar surface area (TPSA) is 160 Å². The highest BCUT2D eigenvalue weighted by Gasteiger charge is 2.32. The molecule has 2 aromatic carbocycles. The Bertz CT molecular complexity index is 1240. The normalized spacial score (nSPS) is 15.0. The number of halogens is 2. The molecule has 0 bridgehead atoms. The maximum atomic E-state index is 12.8. The van der Waals surface area contributed by atoms with E-state index in [-0.39, 0.29) is 34.1 Å². The minimum Gasteiger partial charge on any atom is -0.508 e. The molecule has 0 saturated heterocycles. The van der Waals surface area contributed by atoms with Crippen LogP contribution >= 0.6 is 34.2 Å². The molecule has 1 heterocycles. The molecule has 204 valence electrons. The van der Waals surface area contributed by atoms with Crippen molar-refractivity contribution in [1.29, 1.82) is 0 Å². The summed E-state index contributed by atoms with van der Waals surface area (Å²) in [5.41, 5.74) is 0.796. The molecule has 2 amide bonds. The van der Waals surface area contributed by atoms with E-state index < -0.39 is 36.3 Å². The van der Waals surface area contributed by atoms with E-state index >= 15 is 0 Å². The summed E-state index contributed by atoms with van der Waals surface area (Å²) in [5, 5.41) is 39.0. The number of aromatic hydroxyl groups is 2. The van der Waals surface area contributed by atoms with Gasteiger partial charge in [0.25, 0.3) is 5.91 Å². The molecule has 0 aliphatic carbocycles. The Labute approximate surface area is 239 Å². The van der Waals surface area contributed by atoms with Gasteiger partial charge < -0.3 is 31.3 Å². The smallest absolute Gasteiger partial charge is 0.308 e. The van der Waals surface area contributed by atoms with E-state index in [1.54, 1.807) is 13.0 Å². The molecule has 0 aromatic heterocycles. The molecule has 10 nitrogen and oxygen atoms in total. The first kappa shape index (κ1) is 29.5. The van der Waals surface area contributed by atoms with Gasteiger partial charge in [-0.15, -0.1) is 0 Å². The van der Waals surface area contributed by atoms with Crippen molar-refractivity contribution in [3.05, 3.63) is 50.1 Å². The van der Waals surface area contributed by atoms with E-state index in [4.69, 9.17) is 11.6 Å². The third kappa shape index (κ3) is 7.97. The number of hydrogen-bond donors (Lipinski definition) is 6. The number of aliphatic carboxylic acids is 1. The Hall–Kier alpha value is -3.06. The van der Waals surface area contributed by atoms with Gasteiger partial charge >= 0.3 is 5.97 Å². The summed E-state index contributed by atoms with van der Waals surface area (Å²) in [7, 11) is 0. The fourth-order valence-corrected chi connectivity index (χ4v) is 5.27. The minimum atomic E-state index is -1.16. The largest absolute Gasteiger partial charge is 0.508 e. The molecular weight excluding hydrogens is 627 g/mol. The second kappa shape index (κ2) is 13.7. The van der Waals surface area contributed by atoms with Crippen molar-refractivity contribution in [3.63, 3.8) is 0 Å². The van der Waals surface area contributed by atoms with Gasteiger partial charge in [0.15, 0.2) is 0 Å². The molecule has 2 aromatic rings. The molecule has 0 spiro atoms. The molecule has 2 atom stereocenters. The van der Waals surface area contributed by atoms with Crippen molar-refractivity contribution in [2.45, 2.75) is 45.1 Å². The number of nitrogens with zero attached hydrogens (tertiary/aromatic N) is 1. The van der Waals surface area contributed by atoms with Gasteiger partial charge in [0.05, 0.1) is 22.1 Å². The number of nitrogens with one attached hydrogen (secondary N) is 3. The third-order valence-electron chi connectivity index (χ3n) is 6.12. The van der Waals surface area contributed by atoms with Gasteiger partial charge in [-0.3, -0.25) is 19.4 Å². The first-order chi connectivity index (χ1) is 18.1. The summed E-state index contributed by atoms with van der Waals surface area (Å²) in [4.78, 5) is 42.0. The summed E-state index contributed by atoms with van der Waals surface area (Å²) >= 11 is 8.00. The van der Waals surface area contributed by atoms with Crippen LogP contribution < -0.4 is 16.0 Å². The summed E-state index contributed by atoms with van der Waals surface area (Å²) in [6.07, 6.45) is 4.05. The molecule has 1 aliphatic rings. The predicted molar refractivity (Wildman–Crippen MR) is 153 cm³/mol. The lowest BCUT2D eigenvalue weighted by Crippen LogP contribution is -2.42. The predicted octanol–water partition coefficient (Wildman–Crippen LogP) is 4.44. The van der Waals surface area contributed by atoms with Crippen molar-refractivity contribution in [2.24, 2.45) is 10.9 Å². The van der Waals surface area contributed by atoms with Crippen molar-refractivity contribution >= 4 is 63.5 Å². The number of carboxylic acid groups (broad SMARTS) is 1.